The lowest BCUT2D eigenvalue weighted by Gasteiger charge is -2.17. The first-order chi connectivity index (χ1) is 9.56. The summed E-state index contributed by atoms with van der Waals surface area (Å²) in [6, 6.07) is 3.58. The van der Waals surface area contributed by atoms with E-state index < -0.39 is 10.2 Å². The summed E-state index contributed by atoms with van der Waals surface area (Å²) < 4.78 is 27.9. The number of rotatable bonds is 10. The van der Waals surface area contributed by atoms with Gasteiger partial charge in [0.25, 0.3) is 10.2 Å². The molecule has 2 N–H and O–H groups in total. The second-order valence-electron chi connectivity index (χ2n) is 4.61. The molecule has 1 aromatic rings. The number of pyridine rings is 1. The number of hydrogen-bond acceptors (Lipinski definition) is 4. The lowest BCUT2D eigenvalue weighted by atomic mass is 10.3. The maximum atomic E-state index is 12.0. The van der Waals surface area contributed by atoms with E-state index in [1.54, 1.807) is 31.6 Å². The highest BCUT2D eigenvalue weighted by molar-refractivity contribution is 7.87. The van der Waals surface area contributed by atoms with Gasteiger partial charge in [-0.25, -0.2) is 0 Å². The quantitative estimate of drug-likeness (QED) is 0.625. The highest BCUT2D eigenvalue weighted by Gasteiger charge is 2.16. The summed E-state index contributed by atoms with van der Waals surface area (Å²) in [4.78, 5) is 3.90. The molecule has 0 aliphatic carbocycles. The largest absolute Gasteiger partial charge is 0.317 e. The van der Waals surface area contributed by atoms with Crippen LogP contribution in [0.4, 0.5) is 0 Å². The molecule has 1 rings (SSSR count). The van der Waals surface area contributed by atoms with Crippen LogP contribution in [0, 0.1) is 0 Å². The number of nitrogens with zero attached hydrogens (tertiary/aromatic N) is 2. The van der Waals surface area contributed by atoms with Gasteiger partial charge in [0.05, 0.1) is 0 Å². The molecule has 114 valence electrons. The van der Waals surface area contributed by atoms with Gasteiger partial charge in [0.1, 0.15) is 0 Å². The van der Waals surface area contributed by atoms with Gasteiger partial charge in [-0.2, -0.15) is 17.4 Å². The van der Waals surface area contributed by atoms with Crippen LogP contribution in [-0.2, 0) is 16.8 Å². The number of hydrogen-bond donors (Lipinski definition) is 2. The number of nitrogens with one attached hydrogen (secondary N) is 2. The Bertz CT molecular complexity index is 465. The van der Waals surface area contributed by atoms with Crippen molar-refractivity contribution >= 4 is 10.2 Å². The molecular weight excluding hydrogens is 276 g/mol. The topological polar surface area (TPSA) is 74.3 Å². The second kappa shape index (κ2) is 9.02. The first-order valence-electron chi connectivity index (χ1n) is 6.87. The molecule has 0 saturated heterocycles. The first kappa shape index (κ1) is 17.0. The molecule has 0 aliphatic heterocycles. The smallest absolute Gasteiger partial charge is 0.279 e. The van der Waals surface area contributed by atoms with Crippen molar-refractivity contribution in [3.8, 4) is 0 Å². The molecule has 0 aromatic carbocycles. The molecule has 20 heavy (non-hydrogen) atoms. The summed E-state index contributed by atoms with van der Waals surface area (Å²) >= 11 is 0. The van der Waals surface area contributed by atoms with Crippen molar-refractivity contribution in [1.82, 2.24) is 19.3 Å². The molecule has 7 heteroatoms. The summed E-state index contributed by atoms with van der Waals surface area (Å²) in [6.45, 7) is 4.69. The van der Waals surface area contributed by atoms with E-state index in [2.05, 4.69) is 21.9 Å². The van der Waals surface area contributed by atoms with E-state index in [0.717, 1.165) is 31.5 Å². The molecule has 0 saturated carbocycles. The highest BCUT2D eigenvalue weighted by atomic mass is 32.2. The molecule has 1 heterocycles. The molecule has 6 nitrogen and oxygen atoms in total. The zero-order valence-electron chi connectivity index (χ0n) is 12.2. The Kier molecular flexibility index (Phi) is 7.68. The molecular formula is C13H24N4O2S. The number of aromatic nitrogens is 1. The predicted molar refractivity (Wildman–Crippen MR) is 80.4 cm³/mol. The third-order valence-electron chi connectivity index (χ3n) is 2.87. The van der Waals surface area contributed by atoms with Crippen molar-refractivity contribution < 1.29 is 8.42 Å². The van der Waals surface area contributed by atoms with Gasteiger partial charge in [0.2, 0.25) is 0 Å². The van der Waals surface area contributed by atoms with E-state index in [1.807, 2.05) is 0 Å². The average molecular weight is 300 g/mol. The van der Waals surface area contributed by atoms with Crippen LogP contribution in [-0.4, -0.2) is 44.4 Å². The van der Waals surface area contributed by atoms with E-state index >= 15 is 0 Å². The second-order valence-corrected chi connectivity index (χ2v) is 6.47. The zero-order chi connectivity index (χ0) is 14.8. The minimum absolute atomic E-state index is 0.281. The van der Waals surface area contributed by atoms with Crippen molar-refractivity contribution in [3.05, 3.63) is 30.1 Å². The van der Waals surface area contributed by atoms with Crippen LogP contribution in [0.15, 0.2) is 24.5 Å². The van der Waals surface area contributed by atoms with Crippen molar-refractivity contribution in [2.24, 2.45) is 0 Å². The normalized spacial score (nSPS) is 11.9. The maximum Gasteiger partial charge on any atom is 0.279 e. The fraction of sp³-hybridized carbons (Fsp3) is 0.615. The Hall–Kier alpha value is -1.02. The van der Waals surface area contributed by atoms with Crippen LogP contribution in [0.1, 0.15) is 25.3 Å². The van der Waals surface area contributed by atoms with E-state index in [9.17, 15) is 8.42 Å². The van der Waals surface area contributed by atoms with E-state index in [1.165, 1.54) is 4.31 Å². The summed E-state index contributed by atoms with van der Waals surface area (Å²) in [5.41, 5.74) is 0.890. The van der Waals surface area contributed by atoms with E-state index in [0.29, 0.717) is 6.54 Å². The van der Waals surface area contributed by atoms with Crippen LogP contribution in [0.25, 0.3) is 0 Å². The van der Waals surface area contributed by atoms with Crippen molar-refractivity contribution in [2.45, 2.75) is 26.3 Å². The Morgan fingerprint density at radius 3 is 2.60 bits per heavy atom. The van der Waals surface area contributed by atoms with Crippen LogP contribution >= 0.6 is 0 Å². The van der Waals surface area contributed by atoms with Crippen LogP contribution in [0.5, 0.6) is 0 Å². The van der Waals surface area contributed by atoms with Crippen molar-refractivity contribution in [2.75, 3.05) is 26.7 Å². The standard InChI is InChI=1S/C13H24N4O2S/c1-3-7-14-8-4-11-17(2)20(18,19)16-12-13-5-9-15-10-6-13/h5-6,9-10,14,16H,3-4,7-8,11-12H2,1-2H3. The van der Waals surface area contributed by atoms with Crippen molar-refractivity contribution in [3.63, 3.8) is 0 Å². The monoisotopic (exact) mass is 300 g/mol. The van der Waals surface area contributed by atoms with Gasteiger partial charge in [0, 0.05) is 32.5 Å². The molecule has 0 bridgehead atoms. The molecule has 0 spiro atoms. The summed E-state index contributed by atoms with van der Waals surface area (Å²) in [5, 5.41) is 3.25. The van der Waals surface area contributed by atoms with Gasteiger partial charge in [-0.1, -0.05) is 6.92 Å². The molecule has 0 unspecified atom stereocenters. The summed E-state index contributed by atoms with van der Waals surface area (Å²) in [7, 11) is -1.82. The minimum Gasteiger partial charge on any atom is -0.317 e. The van der Waals surface area contributed by atoms with Gasteiger partial charge >= 0.3 is 0 Å². The summed E-state index contributed by atoms with van der Waals surface area (Å²) in [6.07, 6.45) is 5.17. The molecule has 0 aliphatic rings. The molecule has 0 radical (unpaired) electrons. The van der Waals surface area contributed by atoms with Gasteiger partial charge in [-0.3, -0.25) is 4.98 Å². The zero-order valence-corrected chi connectivity index (χ0v) is 13.0. The van der Waals surface area contributed by atoms with Crippen LogP contribution in [0.3, 0.4) is 0 Å². The fourth-order valence-electron chi connectivity index (χ4n) is 1.63. The third kappa shape index (κ3) is 6.42. The van der Waals surface area contributed by atoms with Gasteiger partial charge in [0.15, 0.2) is 0 Å². The summed E-state index contributed by atoms with van der Waals surface area (Å²) in [5.74, 6) is 0. The third-order valence-corrected chi connectivity index (χ3v) is 4.38. The Morgan fingerprint density at radius 1 is 1.25 bits per heavy atom. The molecule has 0 amide bonds. The van der Waals surface area contributed by atoms with Crippen molar-refractivity contribution in [1.29, 1.82) is 0 Å². The van der Waals surface area contributed by atoms with Gasteiger partial charge in [-0.05, 0) is 43.6 Å². The molecule has 1 aromatic heterocycles. The fourth-order valence-corrected chi connectivity index (χ4v) is 2.57. The van der Waals surface area contributed by atoms with E-state index in [4.69, 9.17) is 0 Å². The van der Waals surface area contributed by atoms with Crippen LogP contribution < -0.4 is 10.0 Å². The lowest BCUT2D eigenvalue weighted by Crippen LogP contribution is -2.39. The maximum absolute atomic E-state index is 12.0. The molecule has 0 atom stereocenters. The highest BCUT2D eigenvalue weighted by Crippen LogP contribution is 2.00. The first-order valence-corrected chi connectivity index (χ1v) is 8.31. The predicted octanol–water partition coefficient (Wildman–Crippen LogP) is 0.738. The van der Waals surface area contributed by atoms with Gasteiger partial charge in [-0.15, -0.1) is 0 Å². The van der Waals surface area contributed by atoms with E-state index in [-0.39, 0.29) is 6.54 Å². The Balaban J connectivity index is 2.32. The lowest BCUT2D eigenvalue weighted by molar-refractivity contribution is 0.444. The van der Waals surface area contributed by atoms with Gasteiger partial charge < -0.3 is 5.32 Å². The Morgan fingerprint density at radius 2 is 1.95 bits per heavy atom. The Labute approximate surface area is 121 Å². The SMILES string of the molecule is CCCNCCCN(C)S(=O)(=O)NCc1ccncc1. The molecule has 0 fully saturated rings. The minimum atomic E-state index is -3.42. The average Bonchev–Trinajstić information content (AvgIpc) is 2.46. The van der Waals surface area contributed by atoms with Crippen LogP contribution in [0.2, 0.25) is 0 Å².